The first-order valence-corrected chi connectivity index (χ1v) is 9.41. The molecule has 5 heteroatoms. The Balaban J connectivity index is 0.000000189. The summed E-state index contributed by atoms with van der Waals surface area (Å²) in [5.41, 5.74) is 2.46. The molecule has 0 N–H and O–H groups in total. The van der Waals surface area contributed by atoms with Gasteiger partial charge in [0.15, 0.2) is 5.78 Å². The molecule has 5 nitrogen and oxygen atoms in total. The van der Waals surface area contributed by atoms with E-state index in [0.717, 1.165) is 31.3 Å². The van der Waals surface area contributed by atoms with Crippen molar-refractivity contribution >= 4 is 17.7 Å². The van der Waals surface area contributed by atoms with Gasteiger partial charge >= 0.3 is 11.9 Å². The third-order valence-corrected chi connectivity index (χ3v) is 5.79. The van der Waals surface area contributed by atoms with Gasteiger partial charge in [0.2, 0.25) is 0 Å². The minimum Gasteiger partial charge on any atom is -0.469 e. The zero-order valence-electron chi connectivity index (χ0n) is 16.4. The van der Waals surface area contributed by atoms with E-state index in [2.05, 4.69) is 17.7 Å². The van der Waals surface area contributed by atoms with Crippen LogP contribution in [0.25, 0.3) is 0 Å². The van der Waals surface area contributed by atoms with Crippen molar-refractivity contribution in [1.29, 1.82) is 0 Å². The molecule has 5 atom stereocenters. The van der Waals surface area contributed by atoms with Gasteiger partial charge in [0.1, 0.15) is 6.10 Å². The second kappa shape index (κ2) is 8.65. The van der Waals surface area contributed by atoms with E-state index in [1.165, 1.54) is 12.7 Å². The van der Waals surface area contributed by atoms with Crippen molar-refractivity contribution in [3.63, 3.8) is 0 Å². The Morgan fingerprint density at radius 1 is 1.19 bits per heavy atom. The molecule has 0 radical (unpaired) electrons. The second-order valence-corrected chi connectivity index (χ2v) is 7.76. The monoisotopic (exact) mass is 362 g/mol. The molecule has 0 bridgehead atoms. The quantitative estimate of drug-likeness (QED) is 0.554. The first-order valence-electron chi connectivity index (χ1n) is 9.41. The van der Waals surface area contributed by atoms with Crippen LogP contribution in [0.4, 0.5) is 0 Å². The lowest BCUT2D eigenvalue weighted by atomic mass is 9.81. The molecule has 144 valence electrons. The molecule has 5 unspecified atom stereocenters. The lowest BCUT2D eigenvalue weighted by Gasteiger charge is -2.23. The fraction of sp³-hybridized carbons (Fsp3) is 0.667. The van der Waals surface area contributed by atoms with Crippen molar-refractivity contribution in [1.82, 2.24) is 0 Å². The fourth-order valence-corrected chi connectivity index (χ4v) is 3.91. The maximum Gasteiger partial charge on any atom is 0.309 e. The summed E-state index contributed by atoms with van der Waals surface area (Å²) in [4.78, 5) is 34.0. The maximum atomic E-state index is 11.6. The number of ketones is 1. The molecule has 0 aromatic heterocycles. The summed E-state index contributed by atoms with van der Waals surface area (Å²) in [6.07, 6.45) is 7.74. The van der Waals surface area contributed by atoms with E-state index in [0.29, 0.717) is 5.92 Å². The van der Waals surface area contributed by atoms with E-state index < -0.39 is 0 Å². The zero-order chi connectivity index (χ0) is 19.4. The van der Waals surface area contributed by atoms with Crippen LogP contribution in [0, 0.1) is 23.7 Å². The number of hydrogen-bond acceptors (Lipinski definition) is 5. The predicted molar refractivity (Wildman–Crippen MR) is 98.2 cm³/mol. The molecular formula is C21H30O5. The van der Waals surface area contributed by atoms with Crippen LogP contribution in [0.15, 0.2) is 23.3 Å². The highest BCUT2D eigenvalue weighted by Crippen LogP contribution is 2.37. The summed E-state index contributed by atoms with van der Waals surface area (Å²) >= 11 is 0. The number of rotatable bonds is 2. The summed E-state index contributed by atoms with van der Waals surface area (Å²) in [5.74, 6) is -0.206. The molecule has 1 aliphatic heterocycles. The van der Waals surface area contributed by atoms with E-state index in [9.17, 15) is 14.4 Å². The smallest absolute Gasteiger partial charge is 0.309 e. The number of allylic oxidation sites excluding steroid dienone is 3. The molecule has 0 aromatic rings. The van der Waals surface area contributed by atoms with Gasteiger partial charge in [-0.3, -0.25) is 14.4 Å². The van der Waals surface area contributed by atoms with Crippen LogP contribution in [-0.4, -0.2) is 30.9 Å². The van der Waals surface area contributed by atoms with Crippen molar-refractivity contribution in [2.24, 2.45) is 23.7 Å². The van der Waals surface area contributed by atoms with Crippen LogP contribution < -0.4 is 0 Å². The SMILES string of the molecule is CC1=CC2OC(=O)C(C)C2CC1.COC(=O)C(C)C1CCC(C)=CC1=O. The molecule has 3 rings (SSSR count). The van der Waals surface area contributed by atoms with Gasteiger partial charge in [-0.2, -0.15) is 0 Å². The van der Waals surface area contributed by atoms with Crippen molar-refractivity contribution in [3.8, 4) is 0 Å². The number of carbonyl (C=O) groups is 3. The first-order chi connectivity index (χ1) is 12.2. The highest BCUT2D eigenvalue weighted by atomic mass is 16.6. The number of esters is 2. The van der Waals surface area contributed by atoms with E-state index in [-0.39, 0.29) is 41.6 Å². The minimum atomic E-state index is -0.322. The van der Waals surface area contributed by atoms with Gasteiger partial charge in [0.05, 0.1) is 18.9 Å². The largest absolute Gasteiger partial charge is 0.469 e. The number of methoxy groups -OCH3 is 1. The summed E-state index contributed by atoms with van der Waals surface area (Å²) in [6, 6.07) is 0. The molecule has 1 saturated heterocycles. The number of carbonyl (C=O) groups excluding carboxylic acids is 3. The summed E-state index contributed by atoms with van der Waals surface area (Å²) in [7, 11) is 1.35. The lowest BCUT2D eigenvalue weighted by molar-refractivity contribution is -0.148. The lowest BCUT2D eigenvalue weighted by Crippen LogP contribution is -2.29. The Kier molecular flexibility index (Phi) is 6.79. The molecule has 0 aromatic carbocycles. The van der Waals surface area contributed by atoms with E-state index in [4.69, 9.17) is 4.74 Å². The van der Waals surface area contributed by atoms with Crippen LogP contribution in [0.1, 0.15) is 53.4 Å². The van der Waals surface area contributed by atoms with Crippen LogP contribution in [0.5, 0.6) is 0 Å². The number of ether oxygens (including phenoxy) is 2. The van der Waals surface area contributed by atoms with Crippen molar-refractivity contribution in [2.75, 3.05) is 7.11 Å². The maximum absolute atomic E-state index is 11.6. The van der Waals surface area contributed by atoms with Crippen LogP contribution in [-0.2, 0) is 23.9 Å². The third kappa shape index (κ3) is 4.63. The molecule has 2 aliphatic carbocycles. The van der Waals surface area contributed by atoms with Crippen molar-refractivity contribution in [3.05, 3.63) is 23.3 Å². The molecule has 1 heterocycles. The van der Waals surface area contributed by atoms with Crippen molar-refractivity contribution < 1.29 is 23.9 Å². The predicted octanol–water partition coefficient (Wildman–Crippen LogP) is 3.63. The minimum absolute atomic E-state index is 0.0176. The summed E-state index contributed by atoms with van der Waals surface area (Å²) < 4.78 is 9.86. The number of hydrogen-bond donors (Lipinski definition) is 0. The standard InChI is InChI=1S/C11H16O3.C10H14O2/c1-7-4-5-9(10(12)6-7)8(2)11(13)14-3;1-6-3-4-8-7(2)10(11)12-9(8)5-6/h6,8-9H,4-5H2,1-3H3;5,7-9H,3-4H2,1-2H3. The van der Waals surface area contributed by atoms with E-state index in [1.807, 2.05) is 13.8 Å². The van der Waals surface area contributed by atoms with Gasteiger partial charge in [-0.1, -0.05) is 25.0 Å². The summed E-state index contributed by atoms with van der Waals surface area (Å²) in [6.45, 7) is 7.77. The van der Waals surface area contributed by atoms with Gasteiger partial charge in [0, 0.05) is 11.8 Å². The molecular weight excluding hydrogens is 332 g/mol. The Bertz CT molecular complexity index is 630. The number of fused-ring (bicyclic) bond motifs is 1. The van der Waals surface area contributed by atoms with Gasteiger partial charge in [0.25, 0.3) is 0 Å². The second-order valence-electron chi connectivity index (χ2n) is 7.76. The highest BCUT2D eigenvalue weighted by molar-refractivity contribution is 5.95. The van der Waals surface area contributed by atoms with Gasteiger partial charge < -0.3 is 9.47 Å². The first kappa shape index (κ1) is 20.4. The molecule has 0 amide bonds. The highest BCUT2D eigenvalue weighted by Gasteiger charge is 2.41. The average molecular weight is 362 g/mol. The van der Waals surface area contributed by atoms with Crippen LogP contribution in [0.3, 0.4) is 0 Å². The van der Waals surface area contributed by atoms with Gasteiger partial charge in [-0.15, -0.1) is 0 Å². The average Bonchev–Trinajstić information content (AvgIpc) is 2.87. The Labute approximate surface area is 155 Å². The fourth-order valence-electron chi connectivity index (χ4n) is 3.91. The Morgan fingerprint density at radius 2 is 1.85 bits per heavy atom. The molecule has 26 heavy (non-hydrogen) atoms. The third-order valence-electron chi connectivity index (χ3n) is 5.79. The summed E-state index contributed by atoms with van der Waals surface area (Å²) in [5, 5.41) is 0. The van der Waals surface area contributed by atoms with Gasteiger partial charge in [-0.25, -0.2) is 0 Å². The van der Waals surface area contributed by atoms with Gasteiger partial charge in [-0.05, 0) is 51.7 Å². The topological polar surface area (TPSA) is 69.7 Å². The molecule has 3 aliphatic rings. The van der Waals surface area contributed by atoms with Crippen LogP contribution in [0.2, 0.25) is 0 Å². The van der Waals surface area contributed by atoms with Crippen LogP contribution >= 0.6 is 0 Å². The molecule has 0 spiro atoms. The van der Waals surface area contributed by atoms with E-state index >= 15 is 0 Å². The normalized spacial score (nSPS) is 31.6. The Morgan fingerprint density at radius 3 is 2.46 bits per heavy atom. The van der Waals surface area contributed by atoms with Crippen molar-refractivity contribution in [2.45, 2.75) is 59.5 Å². The Hall–Kier alpha value is -1.91. The zero-order valence-corrected chi connectivity index (χ0v) is 16.4. The molecule has 1 fully saturated rings. The molecule has 0 saturated carbocycles. The van der Waals surface area contributed by atoms with E-state index in [1.54, 1.807) is 13.0 Å².